The highest BCUT2D eigenvalue weighted by Gasteiger charge is 2.33. The van der Waals surface area contributed by atoms with E-state index in [2.05, 4.69) is 20.4 Å². The van der Waals surface area contributed by atoms with E-state index in [1.165, 1.54) is 12.1 Å². The van der Waals surface area contributed by atoms with Gasteiger partial charge < -0.3 is 10.6 Å². The number of aromatic nitrogens is 2. The van der Waals surface area contributed by atoms with Gasteiger partial charge in [0.25, 0.3) is 0 Å². The van der Waals surface area contributed by atoms with Crippen LogP contribution in [-0.4, -0.2) is 29.4 Å². The second-order valence-electron chi connectivity index (χ2n) is 5.56. The van der Waals surface area contributed by atoms with E-state index in [1.807, 2.05) is 18.3 Å². The Morgan fingerprint density at radius 3 is 2.90 bits per heavy atom. The van der Waals surface area contributed by atoms with Crippen LogP contribution >= 0.6 is 0 Å². The minimum atomic E-state index is -0.207. The quantitative estimate of drug-likeness (QED) is 0.837. The van der Waals surface area contributed by atoms with Crippen LogP contribution in [0.15, 0.2) is 30.5 Å². The van der Waals surface area contributed by atoms with Gasteiger partial charge in [0.2, 0.25) is 0 Å². The van der Waals surface area contributed by atoms with E-state index in [9.17, 15) is 4.39 Å². The molecule has 2 unspecified atom stereocenters. The molecule has 0 aliphatic carbocycles. The zero-order chi connectivity index (χ0) is 13.5. The third-order valence-corrected chi connectivity index (χ3v) is 4.36. The summed E-state index contributed by atoms with van der Waals surface area (Å²) in [5.41, 5.74) is 2.06. The topological polar surface area (TPSA) is 41.9 Å². The van der Waals surface area contributed by atoms with Crippen molar-refractivity contribution in [2.24, 2.45) is 5.92 Å². The largest absolute Gasteiger partial charge is 0.369 e. The van der Waals surface area contributed by atoms with Crippen molar-refractivity contribution in [3.8, 4) is 11.1 Å². The Labute approximate surface area is 117 Å². The molecular formula is C15H17FN4. The Morgan fingerprint density at radius 1 is 1.20 bits per heavy atom. The SMILES string of the molecule is Fc1ccc(-c2cnn3c2NCC2CNCCC23)cc1. The third kappa shape index (κ3) is 1.81. The molecule has 5 heteroatoms. The lowest BCUT2D eigenvalue weighted by Crippen LogP contribution is -2.44. The van der Waals surface area contributed by atoms with Gasteiger partial charge in [-0.1, -0.05) is 12.1 Å². The molecule has 2 N–H and O–H groups in total. The maximum Gasteiger partial charge on any atom is 0.132 e. The van der Waals surface area contributed by atoms with Crippen molar-refractivity contribution < 1.29 is 4.39 Å². The highest BCUT2D eigenvalue weighted by molar-refractivity contribution is 5.75. The molecule has 20 heavy (non-hydrogen) atoms. The lowest BCUT2D eigenvalue weighted by atomic mass is 9.91. The molecule has 0 amide bonds. The van der Waals surface area contributed by atoms with Crippen molar-refractivity contribution in [3.63, 3.8) is 0 Å². The first kappa shape index (κ1) is 11.9. The van der Waals surface area contributed by atoms with Gasteiger partial charge in [0.05, 0.1) is 12.2 Å². The lowest BCUT2D eigenvalue weighted by molar-refractivity contribution is 0.237. The van der Waals surface area contributed by atoms with Crippen LogP contribution in [0.1, 0.15) is 12.5 Å². The summed E-state index contributed by atoms with van der Waals surface area (Å²) in [7, 11) is 0. The highest BCUT2D eigenvalue weighted by Crippen LogP contribution is 2.37. The Kier molecular flexibility index (Phi) is 2.73. The minimum Gasteiger partial charge on any atom is -0.369 e. The number of benzene rings is 1. The van der Waals surface area contributed by atoms with Crippen LogP contribution in [0.5, 0.6) is 0 Å². The number of rotatable bonds is 1. The minimum absolute atomic E-state index is 0.207. The van der Waals surface area contributed by atoms with Gasteiger partial charge in [-0.3, -0.25) is 0 Å². The number of nitrogens with zero attached hydrogens (tertiary/aromatic N) is 2. The standard InChI is InChI=1S/C15H17FN4/c16-12-3-1-10(2-4-12)13-9-19-20-14-5-6-17-7-11(14)8-18-15(13)20/h1-4,9,11,14,17-18H,5-8H2. The van der Waals surface area contributed by atoms with Gasteiger partial charge in [0.1, 0.15) is 11.6 Å². The van der Waals surface area contributed by atoms with Crippen molar-refractivity contribution in [1.82, 2.24) is 15.1 Å². The first-order valence-corrected chi connectivity index (χ1v) is 7.11. The van der Waals surface area contributed by atoms with E-state index >= 15 is 0 Å². The van der Waals surface area contributed by atoms with Gasteiger partial charge in [-0.05, 0) is 30.7 Å². The first-order valence-electron chi connectivity index (χ1n) is 7.11. The zero-order valence-electron chi connectivity index (χ0n) is 11.1. The van der Waals surface area contributed by atoms with Crippen LogP contribution < -0.4 is 10.6 Å². The van der Waals surface area contributed by atoms with Crippen LogP contribution in [-0.2, 0) is 0 Å². The Morgan fingerprint density at radius 2 is 2.05 bits per heavy atom. The third-order valence-electron chi connectivity index (χ3n) is 4.36. The summed E-state index contributed by atoms with van der Waals surface area (Å²) >= 11 is 0. The van der Waals surface area contributed by atoms with Gasteiger partial charge in [0, 0.05) is 24.6 Å². The first-order chi connectivity index (χ1) is 9.83. The van der Waals surface area contributed by atoms with Gasteiger partial charge >= 0.3 is 0 Å². The van der Waals surface area contributed by atoms with E-state index in [0.29, 0.717) is 12.0 Å². The van der Waals surface area contributed by atoms with Gasteiger partial charge in [-0.15, -0.1) is 0 Å². The van der Waals surface area contributed by atoms with E-state index in [-0.39, 0.29) is 5.82 Å². The monoisotopic (exact) mass is 272 g/mol. The highest BCUT2D eigenvalue weighted by atomic mass is 19.1. The summed E-state index contributed by atoms with van der Waals surface area (Å²) in [6, 6.07) is 7.08. The average molecular weight is 272 g/mol. The van der Waals surface area contributed by atoms with Gasteiger partial charge in [-0.2, -0.15) is 5.10 Å². The van der Waals surface area contributed by atoms with E-state index in [1.54, 1.807) is 0 Å². The van der Waals surface area contributed by atoms with Crippen LogP contribution in [0.2, 0.25) is 0 Å². The molecule has 4 rings (SSSR count). The number of hydrogen-bond donors (Lipinski definition) is 2. The van der Waals surface area contributed by atoms with Gasteiger partial charge in [0.15, 0.2) is 0 Å². The predicted molar refractivity (Wildman–Crippen MR) is 76.1 cm³/mol. The van der Waals surface area contributed by atoms with Crippen molar-refractivity contribution in [2.75, 3.05) is 25.0 Å². The molecular weight excluding hydrogens is 255 g/mol. The van der Waals surface area contributed by atoms with Gasteiger partial charge in [-0.25, -0.2) is 9.07 Å². The average Bonchev–Trinajstić information content (AvgIpc) is 2.92. The van der Waals surface area contributed by atoms with Crippen LogP contribution in [0.3, 0.4) is 0 Å². The number of hydrogen-bond acceptors (Lipinski definition) is 3. The van der Waals surface area contributed by atoms with Crippen molar-refractivity contribution >= 4 is 5.82 Å². The molecule has 2 atom stereocenters. The zero-order valence-corrected chi connectivity index (χ0v) is 11.1. The van der Waals surface area contributed by atoms with Crippen molar-refractivity contribution in [3.05, 3.63) is 36.3 Å². The van der Waals surface area contributed by atoms with E-state index in [0.717, 1.165) is 43.0 Å². The second kappa shape index (κ2) is 4.59. The lowest BCUT2D eigenvalue weighted by Gasteiger charge is -2.37. The fourth-order valence-electron chi connectivity index (χ4n) is 3.30. The van der Waals surface area contributed by atoms with Crippen LogP contribution in [0.4, 0.5) is 10.2 Å². The summed E-state index contributed by atoms with van der Waals surface area (Å²) < 4.78 is 15.2. The fraction of sp³-hybridized carbons (Fsp3) is 0.400. The van der Waals surface area contributed by atoms with E-state index < -0.39 is 0 Å². The molecule has 2 aliphatic rings. The number of piperidine rings is 1. The maximum absolute atomic E-state index is 13.0. The summed E-state index contributed by atoms with van der Waals surface area (Å²) in [4.78, 5) is 0. The molecule has 1 fully saturated rings. The molecule has 4 nitrogen and oxygen atoms in total. The summed E-state index contributed by atoms with van der Waals surface area (Å²) in [6.45, 7) is 3.06. The van der Waals surface area contributed by atoms with Crippen LogP contribution in [0.25, 0.3) is 11.1 Å². The molecule has 1 saturated heterocycles. The molecule has 1 aromatic heterocycles. The predicted octanol–water partition coefficient (Wildman–Crippen LogP) is 2.27. The Balaban J connectivity index is 1.74. The summed E-state index contributed by atoms with van der Waals surface area (Å²) in [5.74, 6) is 1.46. The maximum atomic E-state index is 13.0. The number of fused-ring (bicyclic) bond motifs is 3. The van der Waals surface area contributed by atoms with Crippen molar-refractivity contribution in [1.29, 1.82) is 0 Å². The second-order valence-corrected chi connectivity index (χ2v) is 5.56. The Hall–Kier alpha value is -1.88. The summed E-state index contributed by atoms with van der Waals surface area (Å²) in [5, 5.41) is 11.5. The summed E-state index contributed by atoms with van der Waals surface area (Å²) in [6.07, 6.45) is 3.00. The number of nitrogens with one attached hydrogen (secondary N) is 2. The molecule has 0 spiro atoms. The smallest absolute Gasteiger partial charge is 0.132 e. The van der Waals surface area contributed by atoms with Crippen LogP contribution in [0, 0.1) is 11.7 Å². The number of anilines is 1. The molecule has 3 heterocycles. The molecule has 104 valence electrons. The van der Waals surface area contributed by atoms with Crippen molar-refractivity contribution in [2.45, 2.75) is 12.5 Å². The molecule has 2 aromatic rings. The van der Waals surface area contributed by atoms with E-state index in [4.69, 9.17) is 0 Å². The molecule has 0 bridgehead atoms. The molecule has 2 aliphatic heterocycles. The Bertz CT molecular complexity index is 619. The normalized spacial score (nSPS) is 24.6. The number of halogens is 1. The molecule has 0 saturated carbocycles. The fourth-order valence-corrected chi connectivity index (χ4v) is 3.30. The molecule has 1 aromatic carbocycles. The molecule has 0 radical (unpaired) electrons.